The number of furan rings is 1. The molecule has 1 saturated heterocycles. The van der Waals surface area contributed by atoms with Crippen LogP contribution in [0.1, 0.15) is 29.2 Å². The van der Waals surface area contributed by atoms with Crippen LogP contribution in [-0.4, -0.2) is 29.8 Å². The number of nitrogens with two attached hydrogens (primary N) is 1. The molecule has 1 aromatic rings. The molecule has 20 heavy (non-hydrogen) atoms. The van der Waals surface area contributed by atoms with Crippen molar-refractivity contribution >= 4 is 11.8 Å². The van der Waals surface area contributed by atoms with Gasteiger partial charge in [0.05, 0.1) is 6.54 Å². The standard InChI is InChI=1S/C12H15N5O3/c13-11(18)8-3-5-17(6-4-8)12(19)10-2-1-9(20-10)7-15-16-14/h1-2,8H,3-7H2,(H2,13,18). The number of piperidine rings is 1. The summed E-state index contributed by atoms with van der Waals surface area (Å²) in [6.07, 6.45) is 1.15. The van der Waals surface area contributed by atoms with E-state index in [0.29, 0.717) is 31.7 Å². The van der Waals surface area contributed by atoms with Crippen LogP contribution in [0.25, 0.3) is 10.4 Å². The number of rotatable bonds is 4. The minimum absolute atomic E-state index is 0.0769. The molecule has 1 fully saturated rings. The van der Waals surface area contributed by atoms with Crippen LogP contribution in [0.5, 0.6) is 0 Å². The second-order valence-corrected chi connectivity index (χ2v) is 4.62. The molecule has 0 spiro atoms. The van der Waals surface area contributed by atoms with Crippen molar-refractivity contribution in [3.05, 3.63) is 34.1 Å². The van der Waals surface area contributed by atoms with Gasteiger partial charge in [0.25, 0.3) is 5.91 Å². The van der Waals surface area contributed by atoms with Gasteiger partial charge in [0, 0.05) is 23.9 Å². The first-order valence-corrected chi connectivity index (χ1v) is 6.30. The Labute approximate surface area is 115 Å². The molecule has 8 heteroatoms. The number of nitrogens with zero attached hydrogens (tertiary/aromatic N) is 4. The van der Waals surface area contributed by atoms with Crippen molar-refractivity contribution in [1.82, 2.24) is 4.90 Å². The maximum absolute atomic E-state index is 12.2. The van der Waals surface area contributed by atoms with Crippen LogP contribution in [0.15, 0.2) is 21.7 Å². The first-order chi connectivity index (χ1) is 9.61. The average molecular weight is 277 g/mol. The summed E-state index contributed by atoms with van der Waals surface area (Å²) in [6.45, 7) is 1.05. The van der Waals surface area contributed by atoms with Gasteiger partial charge in [0.2, 0.25) is 5.91 Å². The van der Waals surface area contributed by atoms with Gasteiger partial charge < -0.3 is 15.1 Å². The van der Waals surface area contributed by atoms with Crippen molar-refractivity contribution < 1.29 is 14.0 Å². The zero-order chi connectivity index (χ0) is 14.5. The van der Waals surface area contributed by atoms with Crippen molar-refractivity contribution in [3.8, 4) is 0 Å². The Kier molecular flexibility index (Phi) is 4.27. The van der Waals surface area contributed by atoms with E-state index in [9.17, 15) is 9.59 Å². The number of hydrogen-bond acceptors (Lipinski definition) is 4. The van der Waals surface area contributed by atoms with E-state index in [1.807, 2.05) is 0 Å². The summed E-state index contributed by atoms with van der Waals surface area (Å²) >= 11 is 0. The van der Waals surface area contributed by atoms with Gasteiger partial charge in [-0.05, 0) is 30.5 Å². The van der Waals surface area contributed by atoms with Gasteiger partial charge in [-0.3, -0.25) is 9.59 Å². The zero-order valence-corrected chi connectivity index (χ0v) is 10.9. The topological polar surface area (TPSA) is 125 Å². The third kappa shape index (κ3) is 3.10. The molecule has 2 N–H and O–H groups in total. The lowest BCUT2D eigenvalue weighted by Crippen LogP contribution is -2.41. The number of primary amides is 1. The lowest BCUT2D eigenvalue weighted by Gasteiger charge is -2.29. The third-order valence-corrected chi connectivity index (χ3v) is 3.35. The Bertz CT molecular complexity index is 553. The molecular formula is C12H15N5O3. The van der Waals surface area contributed by atoms with Gasteiger partial charge in [0.15, 0.2) is 5.76 Å². The van der Waals surface area contributed by atoms with Crippen LogP contribution in [0.4, 0.5) is 0 Å². The highest BCUT2D eigenvalue weighted by molar-refractivity contribution is 5.91. The normalized spacial score (nSPS) is 15.7. The fourth-order valence-electron chi connectivity index (χ4n) is 2.20. The smallest absolute Gasteiger partial charge is 0.289 e. The summed E-state index contributed by atoms with van der Waals surface area (Å²) < 4.78 is 5.33. The Morgan fingerprint density at radius 1 is 1.45 bits per heavy atom. The molecule has 106 valence electrons. The summed E-state index contributed by atoms with van der Waals surface area (Å²) in [5.74, 6) is -0.0353. The monoisotopic (exact) mass is 277 g/mol. The molecule has 1 aliphatic rings. The first kappa shape index (κ1) is 14.0. The summed E-state index contributed by atoms with van der Waals surface area (Å²) in [4.78, 5) is 27.5. The van der Waals surface area contributed by atoms with E-state index >= 15 is 0 Å². The van der Waals surface area contributed by atoms with Gasteiger partial charge in [-0.25, -0.2) is 0 Å². The van der Waals surface area contributed by atoms with Crippen LogP contribution in [0.3, 0.4) is 0 Å². The first-order valence-electron chi connectivity index (χ1n) is 6.30. The average Bonchev–Trinajstić information content (AvgIpc) is 2.93. The largest absolute Gasteiger partial charge is 0.456 e. The summed E-state index contributed by atoms with van der Waals surface area (Å²) in [7, 11) is 0. The van der Waals surface area contributed by atoms with E-state index in [4.69, 9.17) is 15.7 Å². The molecule has 0 aromatic carbocycles. The van der Waals surface area contributed by atoms with Crippen molar-refractivity contribution in [2.24, 2.45) is 16.8 Å². The molecule has 2 amide bonds. The number of carbonyl (C=O) groups is 2. The highest BCUT2D eigenvalue weighted by atomic mass is 16.4. The number of amides is 2. The van der Waals surface area contributed by atoms with Gasteiger partial charge in [-0.2, -0.15) is 0 Å². The maximum atomic E-state index is 12.2. The second kappa shape index (κ2) is 6.12. The number of likely N-dealkylation sites (tertiary alicyclic amines) is 1. The third-order valence-electron chi connectivity index (χ3n) is 3.35. The van der Waals surface area contributed by atoms with Crippen molar-refractivity contribution in [3.63, 3.8) is 0 Å². The Morgan fingerprint density at radius 2 is 2.15 bits per heavy atom. The van der Waals surface area contributed by atoms with Gasteiger partial charge in [-0.15, -0.1) is 0 Å². The second-order valence-electron chi connectivity index (χ2n) is 4.62. The Morgan fingerprint density at radius 3 is 2.75 bits per heavy atom. The van der Waals surface area contributed by atoms with E-state index in [2.05, 4.69) is 10.0 Å². The molecular weight excluding hydrogens is 262 g/mol. The summed E-state index contributed by atoms with van der Waals surface area (Å²) in [6, 6.07) is 3.17. The van der Waals surface area contributed by atoms with Crippen LogP contribution in [0.2, 0.25) is 0 Å². The van der Waals surface area contributed by atoms with E-state index in [-0.39, 0.29) is 30.0 Å². The Balaban J connectivity index is 1.96. The highest BCUT2D eigenvalue weighted by Gasteiger charge is 2.27. The van der Waals surface area contributed by atoms with Crippen LogP contribution < -0.4 is 5.73 Å². The predicted octanol–water partition coefficient (Wildman–Crippen LogP) is 1.43. The molecule has 1 aromatic heterocycles. The van der Waals surface area contributed by atoms with E-state index in [0.717, 1.165) is 0 Å². The molecule has 0 bridgehead atoms. The molecule has 8 nitrogen and oxygen atoms in total. The van der Waals surface area contributed by atoms with Crippen LogP contribution in [-0.2, 0) is 11.3 Å². The van der Waals surface area contributed by atoms with E-state index < -0.39 is 0 Å². The number of azide groups is 1. The summed E-state index contributed by atoms with van der Waals surface area (Å²) in [5, 5.41) is 3.37. The highest BCUT2D eigenvalue weighted by Crippen LogP contribution is 2.19. The molecule has 2 heterocycles. The number of hydrogen-bond donors (Lipinski definition) is 1. The molecule has 0 radical (unpaired) electrons. The molecule has 1 aliphatic heterocycles. The summed E-state index contributed by atoms with van der Waals surface area (Å²) in [5.41, 5.74) is 13.5. The lowest BCUT2D eigenvalue weighted by atomic mass is 9.96. The predicted molar refractivity (Wildman–Crippen MR) is 69.4 cm³/mol. The Hall–Kier alpha value is -2.47. The van der Waals surface area contributed by atoms with Crippen molar-refractivity contribution in [2.75, 3.05) is 13.1 Å². The zero-order valence-electron chi connectivity index (χ0n) is 10.9. The maximum Gasteiger partial charge on any atom is 0.289 e. The lowest BCUT2D eigenvalue weighted by molar-refractivity contribution is -0.123. The number of carbonyl (C=O) groups excluding carboxylic acids is 2. The minimum atomic E-state index is -0.313. The minimum Gasteiger partial charge on any atom is -0.456 e. The van der Waals surface area contributed by atoms with Crippen molar-refractivity contribution in [2.45, 2.75) is 19.4 Å². The van der Waals surface area contributed by atoms with Gasteiger partial charge >= 0.3 is 0 Å². The fraction of sp³-hybridized carbons (Fsp3) is 0.500. The SMILES string of the molecule is [N-]=[N+]=NCc1ccc(C(=O)N2CCC(C(N)=O)CC2)o1. The van der Waals surface area contributed by atoms with E-state index in [1.165, 1.54) is 0 Å². The molecule has 0 atom stereocenters. The molecule has 0 unspecified atom stereocenters. The molecule has 2 rings (SSSR count). The fourth-order valence-corrected chi connectivity index (χ4v) is 2.20. The van der Waals surface area contributed by atoms with Crippen molar-refractivity contribution in [1.29, 1.82) is 0 Å². The van der Waals surface area contributed by atoms with E-state index in [1.54, 1.807) is 17.0 Å². The quantitative estimate of drug-likeness (QED) is 0.508. The van der Waals surface area contributed by atoms with Crippen LogP contribution >= 0.6 is 0 Å². The van der Waals surface area contributed by atoms with Gasteiger partial charge in [0.1, 0.15) is 5.76 Å². The molecule has 0 aliphatic carbocycles. The molecule has 0 saturated carbocycles. The van der Waals surface area contributed by atoms with Gasteiger partial charge in [-0.1, -0.05) is 5.11 Å². The van der Waals surface area contributed by atoms with Crippen LogP contribution in [0, 0.1) is 5.92 Å².